The van der Waals surface area contributed by atoms with Crippen LogP contribution in [0.4, 0.5) is 0 Å². The molecule has 0 bridgehead atoms. The summed E-state index contributed by atoms with van der Waals surface area (Å²) in [6.45, 7) is 6.42. The summed E-state index contributed by atoms with van der Waals surface area (Å²) in [6.07, 6.45) is 5.57. The summed E-state index contributed by atoms with van der Waals surface area (Å²) in [6, 6.07) is 3.85. The molecule has 2 saturated heterocycles. The fraction of sp³-hybridized carbons (Fsp3) is 0.667. The molecule has 0 aromatic carbocycles. The lowest BCUT2D eigenvalue weighted by molar-refractivity contribution is -0.110. The molecule has 2 aliphatic rings. The number of rotatable bonds is 2. The first-order valence-electron chi connectivity index (χ1n) is 8.69. The molecular weight excluding hydrogens is 290 g/mol. The smallest absolute Gasteiger partial charge is 0.255 e. The van der Waals surface area contributed by atoms with Gasteiger partial charge in [0.05, 0.1) is 17.8 Å². The minimum absolute atomic E-state index is 0.0631. The van der Waals surface area contributed by atoms with E-state index in [0.29, 0.717) is 5.56 Å². The predicted octanol–water partition coefficient (Wildman–Crippen LogP) is 1.97. The largest absolute Gasteiger partial charge is 0.372 e. The number of nitrogens with zero attached hydrogens (tertiary/aromatic N) is 3. The predicted molar refractivity (Wildman–Crippen MR) is 89.5 cm³/mol. The van der Waals surface area contributed by atoms with Crippen LogP contribution in [-0.2, 0) is 11.2 Å². The van der Waals surface area contributed by atoms with Crippen molar-refractivity contribution in [2.24, 2.45) is 0 Å². The van der Waals surface area contributed by atoms with Crippen molar-refractivity contribution in [1.82, 2.24) is 14.8 Å². The Labute approximate surface area is 138 Å². The van der Waals surface area contributed by atoms with E-state index in [1.165, 1.54) is 0 Å². The zero-order valence-corrected chi connectivity index (χ0v) is 14.3. The van der Waals surface area contributed by atoms with Gasteiger partial charge >= 0.3 is 0 Å². The molecule has 0 saturated carbocycles. The second-order valence-corrected chi connectivity index (χ2v) is 6.81. The van der Waals surface area contributed by atoms with E-state index in [1.54, 1.807) is 6.20 Å². The first-order chi connectivity index (χ1) is 11.1. The lowest BCUT2D eigenvalue weighted by atomic mass is 9.93. The van der Waals surface area contributed by atoms with Gasteiger partial charge in [-0.3, -0.25) is 9.78 Å². The van der Waals surface area contributed by atoms with Crippen molar-refractivity contribution in [3.05, 3.63) is 29.6 Å². The van der Waals surface area contributed by atoms with Gasteiger partial charge in [0.1, 0.15) is 0 Å². The second-order valence-electron chi connectivity index (χ2n) is 6.81. The van der Waals surface area contributed by atoms with Gasteiger partial charge in [-0.1, -0.05) is 6.92 Å². The highest BCUT2D eigenvalue weighted by Gasteiger charge is 2.37. The molecule has 1 aromatic rings. The highest BCUT2D eigenvalue weighted by molar-refractivity contribution is 5.93. The van der Waals surface area contributed by atoms with E-state index in [2.05, 4.69) is 23.9 Å². The molecule has 1 unspecified atom stereocenters. The average Bonchev–Trinajstić information content (AvgIpc) is 2.77. The minimum atomic E-state index is -0.0631. The fourth-order valence-electron chi connectivity index (χ4n) is 3.65. The van der Waals surface area contributed by atoms with Crippen molar-refractivity contribution in [2.45, 2.75) is 38.2 Å². The Morgan fingerprint density at radius 3 is 2.87 bits per heavy atom. The van der Waals surface area contributed by atoms with Crippen LogP contribution in [0.3, 0.4) is 0 Å². The van der Waals surface area contributed by atoms with Gasteiger partial charge in [0.2, 0.25) is 0 Å². The van der Waals surface area contributed by atoms with Crippen molar-refractivity contribution >= 4 is 5.91 Å². The van der Waals surface area contributed by atoms with Crippen molar-refractivity contribution < 1.29 is 9.53 Å². The molecule has 0 N–H and O–H groups in total. The molecule has 5 heteroatoms. The molecule has 1 atom stereocenters. The number of ether oxygens (including phenoxy) is 1. The number of pyridine rings is 1. The summed E-state index contributed by atoms with van der Waals surface area (Å²) in [5.74, 6) is 0.0985. The molecule has 0 radical (unpaired) electrons. The van der Waals surface area contributed by atoms with Gasteiger partial charge in [0.25, 0.3) is 5.91 Å². The van der Waals surface area contributed by atoms with E-state index >= 15 is 0 Å². The number of carbonyl (C=O) groups is 1. The number of carbonyl (C=O) groups excluding carboxylic acids is 1. The molecule has 3 heterocycles. The lowest BCUT2D eigenvalue weighted by Crippen LogP contribution is -2.50. The van der Waals surface area contributed by atoms with Crippen LogP contribution in [0.2, 0.25) is 0 Å². The molecule has 1 aromatic heterocycles. The topological polar surface area (TPSA) is 45.7 Å². The molecule has 0 aliphatic carbocycles. The molecule has 3 rings (SSSR count). The first-order valence-corrected chi connectivity index (χ1v) is 8.69. The summed E-state index contributed by atoms with van der Waals surface area (Å²) >= 11 is 0. The third kappa shape index (κ3) is 3.72. The van der Waals surface area contributed by atoms with Crippen LogP contribution in [0.5, 0.6) is 0 Å². The zero-order chi connectivity index (χ0) is 16.3. The van der Waals surface area contributed by atoms with Crippen molar-refractivity contribution in [3.63, 3.8) is 0 Å². The van der Waals surface area contributed by atoms with E-state index in [4.69, 9.17) is 4.74 Å². The van der Waals surface area contributed by atoms with Crippen LogP contribution in [0.15, 0.2) is 18.3 Å². The third-order valence-electron chi connectivity index (χ3n) is 5.06. The van der Waals surface area contributed by atoms with Gasteiger partial charge in [-0.15, -0.1) is 0 Å². The van der Waals surface area contributed by atoms with Crippen molar-refractivity contribution in [1.29, 1.82) is 0 Å². The standard InChI is InChI=1S/C18H27N3O2/c1-3-16-6-5-15(13-19-16)17(22)21-9-4-7-18(8-10-21)14-20(2)11-12-23-18/h5-6,13H,3-4,7-12,14H2,1-2H3. The molecular formula is C18H27N3O2. The van der Waals surface area contributed by atoms with Gasteiger partial charge in [-0.2, -0.15) is 0 Å². The Balaban J connectivity index is 1.66. The molecule has 23 heavy (non-hydrogen) atoms. The maximum absolute atomic E-state index is 12.7. The quantitative estimate of drug-likeness (QED) is 0.837. The number of hydrogen-bond donors (Lipinski definition) is 0. The number of aryl methyl sites for hydroxylation is 1. The van der Waals surface area contributed by atoms with Gasteiger partial charge in [-0.25, -0.2) is 0 Å². The molecule has 2 aliphatic heterocycles. The van der Waals surface area contributed by atoms with Crippen LogP contribution in [0.25, 0.3) is 0 Å². The first kappa shape index (κ1) is 16.4. The summed E-state index contributed by atoms with van der Waals surface area (Å²) in [4.78, 5) is 21.4. The Bertz CT molecular complexity index is 546. The Hall–Kier alpha value is -1.46. The van der Waals surface area contributed by atoms with Gasteiger partial charge < -0.3 is 14.5 Å². The Morgan fingerprint density at radius 2 is 2.17 bits per heavy atom. The van der Waals surface area contributed by atoms with E-state index in [1.807, 2.05) is 17.0 Å². The van der Waals surface area contributed by atoms with E-state index in [9.17, 15) is 4.79 Å². The van der Waals surface area contributed by atoms with E-state index in [-0.39, 0.29) is 11.5 Å². The molecule has 5 nitrogen and oxygen atoms in total. The number of hydrogen-bond acceptors (Lipinski definition) is 4. The zero-order valence-electron chi connectivity index (χ0n) is 14.3. The Morgan fingerprint density at radius 1 is 1.30 bits per heavy atom. The summed E-state index contributed by atoms with van der Waals surface area (Å²) in [7, 11) is 2.15. The van der Waals surface area contributed by atoms with Crippen LogP contribution in [-0.4, -0.2) is 66.1 Å². The average molecular weight is 317 g/mol. The highest BCUT2D eigenvalue weighted by Crippen LogP contribution is 2.30. The third-order valence-corrected chi connectivity index (χ3v) is 5.06. The molecule has 2 fully saturated rings. The SMILES string of the molecule is CCc1ccc(C(=O)N2CCCC3(CC2)CN(C)CCO3)cn1. The lowest BCUT2D eigenvalue weighted by Gasteiger charge is -2.41. The maximum atomic E-state index is 12.7. The summed E-state index contributed by atoms with van der Waals surface area (Å²) in [5.41, 5.74) is 1.65. The van der Waals surface area contributed by atoms with E-state index < -0.39 is 0 Å². The maximum Gasteiger partial charge on any atom is 0.255 e. The number of likely N-dealkylation sites (N-methyl/N-ethyl adjacent to an activating group) is 1. The summed E-state index contributed by atoms with van der Waals surface area (Å²) in [5, 5.41) is 0. The number of morpholine rings is 1. The Kier molecular flexibility index (Phi) is 4.97. The second kappa shape index (κ2) is 6.97. The normalized spacial score (nSPS) is 26.3. The van der Waals surface area contributed by atoms with Gasteiger partial charge in [0.15, 0.2) is 0 Å². The van der Waals surface area contributed by atoms with E-state index in [0.717, 1.165) is 64.2 Å². The van der Waals surface area contributed by atoms with Gasteiger partial charge in [0, 0.05) is 38.1 Å². The van der Waals surface area contributed by atoms with Crippen LogP contribution < -0.4 is 0 Å². The molecule has 1 spiro atoms. The van der Waals surface area contributed by atoms with Crippen LogP contribution in [0.1, 0.15) is 42.2 Å². The monoisotopic (exact) mass is 317 g/mol. The number of likely N-dealkylation sites (tertiary alicyclic amines) is 1. The molecule has 126 valence electrons. The van der Waals surface area contributed by atoms with Crippen LogP contribution in [0, 0.1) is 0 Å². The van der Waals surface area contributed by atoms with Crippen molar-refractivity contribution in [3.8, 4) is 0 Å². The highest BCUT2D eigenvalue weighted by atomic mass is 16.5. The minimum Gasteiger partial charge on any atom is -0.372 e. The van der Waals surface area contributed by atoms with Crippen LogP contribution >= 0.6 is 0 Å². The van der Waals surface area contributed by atoms with Crippen molar-refractivity contribution in [2.75, 3.05) is 39.8 Å². The number of amides is 1. The van der Waals surface area contributed by atoms with Gasteiger partial charge in [-0.05, 0) is 44.9 Å². The number of aromatic nitrogens is 1. The molecule has 1 amide bonds. The fourth-order valence-corrected chi connectivity index (χ4v) is 3.65. The summed E-state index contributed by atoms with van der Waals surface area (Å²) < 4.78 is 6.13.